The molecule has 118 valence electrons. The van der Waals surface area contributed by atoms with Gasteiger partial charge in [-0.05, 0) is 51.5 Å². The Labute approximate surface area is 136 Å². The summed E-state index contributed by atoms with van der Waals surface area (Å²) in [5, 5.41) is 4.96. The molecule has 5 heteroatoms. The van der Waals surface area contributed by atoms with Gasteiger partial charge in [0.05, 0.1) is 17.7 Å². The molecule has 0 radical (unpaired) electrons. The van der Waals surface area contributed by atoms with E-state index in [9.17, 15) is 4.79 Å². The maximum Gasteiger partial charge on any atom is 0.316 e. The molecule has 2 rings (SSSR count). The van der Waals surface area contributed by atoms with E-state index in [-0.39, 0.29) is 5.97 Å². The molecule has 2 aromatic rings. The lowest BCUT2D eigenvalue weighted by atomic mass is 9.85. The molecule has 22 heavy (non-hydrogen) atoms. The third-order valence-electron chi connectivity index (χ3n) is 3.70. The molecule has 0 aliphatic carbocycles. The lowest BCUT2D eigenvalue weighted by Crippen LogP contribution is -2.32. The zero-order valence-corrected chi connectivity index (χ0v) is 14.1. The molecule has 0 saturated carbocycles. The minimum absolute atomic E-state index is 0.267. The predicted octanol–water partition coefficient (Wildman–Crippen LogP) is 3.67. The van der Waals surface area contributed by atoms with Crippen molar-refractivity contribution >= 4 is 17.6 Å². The first-order valence-corrected chi connectivity index (χ1v) is 7.63. The quantitative estimate of drug-likeness (QED) is 0.789. The summed E-state index contributed by atoms with van der Waals surface area (Å²) in [5.41, 5.74) is 2.13. The Morgan fingerprint density at radius 3 is 2.64 bits per heavy atom. The van der Waals surface area contributed by atoms with Crippen molar-refractivity contribution in [2.24, 2.45) is 0 Å². The highest BCUT2D eigenvalue weighted by Crippen LogP contribution is 2.27. The number of hydrogen-bond donors (Lipinski definition) is 0. The van der Waals surface area contributed by atoms with Crippen LogP contribution in [0.25, 0.3) is 0 Å². The van der Waals surface area contributed by atoms with Gasteiger partial charge in [0.2, 0.25) is 0 Å². The fourth-order valence-corrected chi connectivity index (χ4v) is 2.49. The molecule has 0 fully saturated rings. The number of halogens is 1. The van der Waals surface area contributed by atoms with Crippen LogP contribution < -0.4 is 0 Å². The van der Waals surface area contributed by atoms with Crippen molar-refractivity contribution in [2.75, 3.05) is 6.61 Å². The van der Waals surface area contributed by atoms with Gasteiger partial charge >= 0.3 is 5.97 Å². The van der Waals surface area contributed by atoms with E-state index in [1.165, 1.54) is 0 Å². The molecule has 0 atom stereocenters. The highest BCUT2D eigenvalue weighted by molar-refractivity contribution is 6.30. The number of aryl methyl sites for hydroxylation is 2. The van der Waals surface area contributed by atoms with Crippen LogP contribution in [0.15, 0.2) is 30.3 Å². The van der Waals surface area contributed by atoms with Crippen LogP contribution in [0, 0.1) is 13.8 Å². The van der Waals surface area contributed by atoms with E-state index in [1.54, 1.807) is 12.1 Å². The van der Waals surface area contributed by atoms with E-state index in [0.29, 0.717) is 18.2 Å². The Morgan fingerprint density at radius 2 is 2.05 bits per heavy atom. The van der Waals surface area contributed by atoms with Crippen LogP contribution in [0.4, 0.5) is 0 Å². The third-order valence-corrected chi connectivity index (χ3v) is 3.93. The van der Waals surface area contributed by atoms with E-state index in [2.05, 4.69) is 5.10 Å². The van der Waals surface area contributed by atoms with Crippen molar-refractivity contribution in [3.05, 3.63) is 52.3 Å². The molecule has 1 aromatic carbocycles. The number of rotatable bonds is 5. The van der Waals surface area contributed by atoms with Crippen molar-refractivity contribution in [1.82, 2.24) is 9.78 Å². The predicted molar refractivity (Wildman–Crippen MR) is 87.1 cm³/mol. The first-order chi connectivity index (χ1) is 10.3. The molecule has 4 nitrogen and oxygen atoms in total. The molecule has 0 aliphatic heterocycles. The molecule has 0 aliphatic rings. The lowest BCUT2D eigenvalue weighted by Gasteiger charge is -2.23. The second-order valence-corrected chi connectivity index (χ2v) is 6.36. The number of carbonyl (C=O) groups is 1. The van der Waals surface area contributed by atoms with Crippen molar-refractivity contribution in [1.29, 1.82) is 0 Å². The molecule has 0 N–H and O–H groups in total. The van der Waals surface area contributed by atoms with Crippen LogP contribution in [0.2, 0.25) is 5.02 Å². The number of ether oxygens (including phenoxy) is 1. The maximum atomic E-state index is 12.4. The molecule has 0 bridgehead atoms. The van der Waals surface area contributed by atoms with E-state index < -0.39 is 5.41 Å². The molecule has 1 aromatic heterocycles. The van der Waals surface area contributed by atoms with Gasteiger partial charge in [-0.1, -0.05) is 23.7 Å². The summed E-state index contributed by atoms with van der Waals surface area (Å²) in [4.78, 5) is 12.4. The standard InChI is InChI=1S/C17H21ClN2O2/c1-12-10-13(2)20(19-12)8-9-22-16(21)17(3,4)14-6-5-7-15(18)11-14/h5-7,10-11H,8-9H2,1-4H3. The molecular formula is C17H21ClN2O2. The van der Waals surface area contributed by atoms with E-state index in [4.69, 9.17) is 16.3 Å². The van der Waals surface area contributed by atoms with Crippen LogP contribution in [0.1, 0.15) is 30.8 Å². The molecule has 0 saturated heterocycles. The number of aromatic nitrogens is 2. The second kappa shape index (κ2) is 6.53. The highest BCUT2D eigenvalue weighted by atomic mass is 35.5. The summed E-state index contributed by atoms with van der Waals surface area (Å²) >= 11 is 6.00. The average molecular weight is 321 g/mol. The van der Waals surface area contributed by atoms with E-state index in [0.717, 1.165) is 17.0 Å². The summed E-state index contributed by atoms with van der Waals surface area (Å²) in [5.74, 6) is -0.267. The Balaban J connectivity index is 1.98. The van der Waals surface area contributed by atoms with E-state index in [1.807, 2.05) is 50.6 Å². The van der Waals surface area contributed by atoms with Crippen molar-refractivity contribution in [3.8, 4) is 0 Å². The topological polar surface area (TPSA) is 44.1 Å². The van der Waals surface area contributed by atoms with Crippen LogP contribution in [0.3, 0.4) is 0 Å². The first kappa shape index (κ1) is 16.6. The van der Waals surface area contributed by atoms with Crippen LogP contribution in [-0.2, 0) is 21.5 Å². The normalized spacial score (nSPS) is 11.5. The van der Waals surface area contributed by atoms with Crippen LogP contribution >= 0.6 is 11.6 Å². The Kier molecular flexibility index (Phi) is 4.91. The molecule has 0 amide bonds. The summed E-state index contributed by atoms with van der Waals surface area (Å²) in [6, 6.07) is 9.30. The number of hydrogen-bond acceptors (Lipinski definition) is 3. The number of benzene rings is 1. The number of esters is 1. The van der Waals surface area contributed by atoms with Gasteiger partial charge in [0.15, 0.2) is 0 Å². The number of carbonyl (C=O) groups excluding carboxylic acids is 1. The monoisotopic (exact) mass is 320 g/mol. The average Bonchev–Trinajstić information content (AvgIpc) is 2.77. The van der Waals surface area contributed by atoms with Gasteiger partial charge in [-0.3, -0.25) is 9.48 Å². The smallest absolute Gasteiger partial charge is 0.316 e. The molecule has 0 unspecified atom stereocenters. The van der Waals surface area contributed by atoms with Crippen LogP contribution in [0.5, 0.6) is 0 Å². The zero-order valence-electron chi connectivity index (χ0n) is 13.4. The van der Waals surface area contributed by atoms with Crippen molar-refractivity contribution < 1.29 is 9.53 Å². The number of nitrogens with zero attached hydrogens (tertiary/aromatic N) is 2. The summed E-state index contributed by atoms with van der Waals surface area (Å²) in [6.45, 7) is 8.45. The highest BCUT2D eigenvalue weighted by Gasteiger charge is 2.31. The Morgan fingerprint density at radius 1 is 1.32 bits per heavy atom. The maximum absolute atomic E-state index is 12.4. The lowest BCUT2D eigenvalue weighted by molar-refractivity contribution is -0.149. The van der Waals surface area contributed by atoms with Crippen molar-refractivity contribution in [3.63, 3.8) is 0 Å². The van der Waals surface area contributed by atoms with Crippen molar-refractivity contribution in [2.45, 2.75) is 39.7 Å². The Hall–Kier alpha value is -1.81. The SMILES string of the molecule is Cc1cc(C)n(CCOC(=O)C(C)(C)c2cccc(Cl)c2)n1. The molecular weight excluding hydrogens is 300 g/mol. The second-order valence-electron chi connectivity index (χ2n) is 5.92. The van der Waals surface area contributed by atoms with Gasteiger partial charge in [-0.15, -0.1) is 0 Å². The fourth-order valence-electron chi connectivity index (χ4n) is 2.30. The van der Waals surface area contributed by atoms with Gasteiger partial charge in [0, 0.05) is 10.7 Å². The van der Waals surface area contributed by atoms with Crippen LogP contribution in [-0.4, -0.2) is 22.4 Å². The largest absolute Gasteiger partial charge is 0.463 e. The van der Waals surface area contributed by atoms with E-state index >= 15 is 0 Å². The summed E-state index contributed by atoms with van der Waals surface area (Å²) < 4.78 is 7.27. The van der Waals surface area contributed by atoms with Gasteiger partial charge < -0.3 is 4.74 Å². The Bertz CT molecular complexity index is 677. The minimum atomic E-state index is -0.736. The summed E-state index contributed by atoms with van der Waals surface area (Å²) in [7, 11) is 0. The fraction of sp³-hybridized carbons (Fsp3) is 0.412. The minimum Gasteiger partial charge on any atom is -0.463 e. The zero-order chi connectivity index (χ0) is 16.3. The first-order valence-electron chi connectivity index (χ1n) is 7.25. The van der Waals surface area contributed by atoms with Gasteiger partial charge in [-0.25, -0.2) is 0 Å². The van der Waals surface area contributed by atoms with Gasteiger partial charge in [0.1, 0.15) is 6.61 Å². The van der Waals surface area contributed by atoms with Gasteiger partial charge in [-0.2, -0.15) is 5.10 Å². The summed E-state index contributed by atoms with van der Waals surface area (Å²) in [6.07, 6.45) is 0. The third kappa shape index (κ3) is 3.69. The molecule has 1 heterocycles. The molecule has 0 spiro atoms. The van der Waals surface area contributed by atoms with Gasteiger partial charge in [0.25, 0.3) is 0 Å².